The number of nitrogens with zero attached hydrogens (tertiary/aromatic N) is 1. The molecule has 1 heterocycles. The fraction of sp³-hybridized carbons (Fsp3) is 0.533. The van der Waals surface area contributed by atoms with Crippen molar-refractivity contribution in [2.75, 3.05) is 13.1 Å². The first-order valence-corrected chi connectivity index (χ1v) is 7.34. The smallest absolute Gasteiger partial charge is 0.239 e. The summed E-state index contributed by atoms with van der Waals surface area (Å²) in [6.07, 6.45) is 1.09. The van der Waals surface area contributed by atoms with Crippen molar-refractivity contribution in [1.82, 2.24) is 4.90 Å². The van der Waals surface area contributed by atoms with Gasteiger partial charge in [0.1, 0.15) is 0 Å². The van der Waals surface area contributed by atoms with Crippen molar-refractivity contribution >= 4 is 17.5 Å². The summed E-state index contributed by atoms with van der Waals surface area (Å²) in [5.41, 5.74) is 6.49. The molecule has 0 bridgehead atoms. The van der Waals surface area contributed by atoms with E-state index in [0.717, 1.165) is 18.4 Å². The van der Waals surface area contributed by atoms with Gasteiger partial charge in [0.05, 0.1) is 12.1 Å². The summed E-state index contributed by atoms with van der Waals surface area (Å²) in [5.74, 6) is 0.165. The number of nitrogens with two attached hydrogens (primary N) is 1. The molecule has 2 atom stereocenters. The van der Waals surface area contributed by atoms with E-state index in [9.17, 15) is 9.90 Å². The third-order valence-corrected chi connectivity index (χ3v) is 4.15. The molecule has 0 aromatic heterocycles. The lowest BCUT2D eigenvalue weighted by Crippen LogP contribution is -2.46. The Morgan fingerprint density at radius 2 is 1.90 bits per heavy atom. The van der Waals surface area contributed by atoms with Crippen LogP contribution in [0.25, 0.3) is 0 Å². The van der Waals surface area contributed by atoms with Crippen molar-refractivity contribution in [2.24, 2.45) is 11.7 Å². The van der Waals surface area contributed by atoms with Crippen molar-refractivity contribution in [3.8, 4) is 0 Å². The molecule has 2 rings (SSSR count). The van der Waals surface area contributed by atoms with Gasteiger partial charge in [0.2, 0.25) is 5.91 Å². The standard InChI is InChI=1S/C15H21ClN2O2/c1-10(17)15(20)18-8-6-12(7-9-18)14(19)11-2-4-13(16)5-3-11/h2-5,10,12,14,19H,6-9,17H2,1H3/t10-,14+/m1/s1. The lowest BCUT2D eigenvalue weighted by atomic mass is 9.87. The molecule has 1 amide bonds. The first-order chi connectivity index (χ1) is 9.49. The van der Waals surface area contributed by atoms with Crippen LogP contribution in [0.2, 0.25) is 5.02 Å². The number of piperidine rings is 1. The monoisotopic (exact) mass is 296 g/mol. The number of hydrogen-bond acceptors (Lipinski definition) is 3. The van der Waals surface area contributed by atoms with Gasteiger partial charge in [0, 0.05) is 18.1 Å². The highest BCUT2D eigenvalue weighted by atomic mass is 35.5. The fourth-order valence-electron chi connectivity index (χ4n) is 2.66. The van der Waals surface area contributed by atoms with Crippen molar-refractivity contribution in [1.29, 1.82) is 0 Å². The number of rotatable bonds is 3. The third-order valence-electron chi connectivity index (χ3n) is 3.90. The van der Waals surface area contributed by atoms with E-state index >= 15 is 0 Å². The molecule has 0 aliphatic carbocycles. The minimum atomic E-state index is -0.500. The lowest BCUT2D eigenvalue weighted by Gasteiger charge is -2.35. The molecule has 0 saturated carbocycles. The first kappa shape index (κ1) is 15.3. The fourth-order valence-corrected chi connectivity index (χ4v) is 2.78. The zero-order valence-electron chi connectivity index (χ0n) is 11.6. The second-order valence-electron chi connectivity index (χ2n) is 5.45. The molecular weight excluding hydrogens is 276 g/mol. The second-order valence-corrected chi connectivity index (χ2v) is 5.88. The Morgan fingerprint density at radius 1 is 1.35 bits per heavy atom. The van der Waals surface area contributed by atoms with Crippen molar-refractivity contribution in [3.63, 3.8) is 0 Å². The normalized spacial score (nSPS) is 19.7. The molecule has 110 valence electrons. The number of carbonyl (C=O) groups excluding carboxylic acids is 1. The Bertz CT molecular complexity index is 453. The first-order valence-electron chi connectivity index (χ1n) is 6.97. The number of likely N-dealkylation sites (tertiary alicyclic amines) is 1. The Hall–Kier alpha value is -1.10. The summed E-state index contributed by atoms with van der Waals surface area (Å²) in [7, 11) is 0. The molecule has 3 N–H and O–H groups in total. The van der Waals surface area contributed by atoms with Crippen LogP contribution in [-0.2, 0) is 4.79 Å². The van der Waals surface area contributed by atoms with Crippen LogP contribution in [0, 0.1) is 5.92 Å². The van der Waals surface area contributed by atoms with Crippen LogP contribution in [0.5, 0.6) is 0 Å². The van der Waals surface area contributed by atoms with Gasteiger partial charge in [-0.1, -0.05) is 23.7 Å². The number of carbonyl (C=O) groups is 1. The number of aliphatic hydroxyl groups excluding tert-OH is 1. The van der Waals surface area contributed by atoms with Crippen LogP contribution in [0.3, 0.4) is 0 Å². The molecule has 1 aromatic rings. The van der Waals surface area contributed by atoms with E-state index in [4.69, 9.17) is 17.3 Å². The van der Waals surface area contributed by atoms with Gasteiger partial charge in [-0.15, -0.1) is 0 Å². The largest absolute Gasteiger partial charge is 0.388 e. The van der Waals surface area contributed by atoms with E-state index in [-0.39, 0.29) is 11.8 Å². The summed E-state index contributed by atoms with van der Waals surface area (Å²) in [4.78, 5) is 13.6. The lowest BCUT2D eigenvalue weighted by molar-refractivity contribution is -0.134. The summed E-state index contributed by atoms with van der Waals surface area (Å²) in [6, 6.07) is 6.83. The van der Waals surface area contributed by atoms with Gasteiger partial charge in [-0.2, -0.15) is 0 Å². The molecule has 0 spiro atoms. The number of amides is 1. The maximum Gasteiger partial charge on any atom is 0.239 e. The molecule has 1 aromatic carbocycles. The average molecular weight is 297 g/mol. The van der Waals surface area contributed by atoms with E-state index in [0.29, 0.717) is 18.1 Å². The maximum absolute atomic E-state index is 11.8. The highest BCUT2D eigenvalue weighted by molar-refractivity contribution is 6.30. The van der Waals surface area contributed by atoms with Gasteiger partial charge in [0.25, 0.3) is 0 Å². The van der Waals surface area contributed by atoms with Crippen molar-refractivity contribution in [2.45, 2.75) is 31.9 Å². The highest BCUT2D eigenvalue weighted by Gasteiger charge is 2.29. The Labute approximate surface area is 124 Å². The van der Waals surface area contributed by atoms with Gasteiger partial charge in [-0.3, -0.25) is 4.79 Å². The molecule has 5 heteroatoms. The second kappa shape index (κ2) is 6.57. The van der Waals surface area contributed by atoms with Crippen LogP contribution in [0.1, 0.15) is 31.4 Å². The maximum atomic E-state index is 11.8. The predicted molar refractivity (Wildman–Crippen MR) is 79.4 cm³/mol. The van der Waals surface area contributed by atoms with Gasteiger partial charge in [-0.25, -0.2) is 0 Å². The number of hydrogen-bond donors (Lipinski definition) is 2. The van der Waals surface area contributed by atoms with Gasteiger partial charge >= 0.3 is 0 Å². The van der Waals surface area contributed by atoms with E-state index in [1.54, 1.807) is 24.0 Å². The number of aliphatic hydroxyl groups is 1. The number of halogens is 1. The molecule has 1 aliphatic heterocycles. The SMILES string of the molecule is C[C@@H](N)C(=O)N1CCC([C@@H](O)c2ccc(Cl)cc2)CC1. The molecule has 1 aliphatic rings. The molecular formula is C15H21ClN2O2. The van der Waals surface area contributed by atoms with Crippen LogP contribution < -0.4 is 5.73 Å². The predicted octanol–water partition coefficient (Wildman–Crippen LogP) is 1.96. The molecule has 20 heavy (non-hydrogen) atoms. The Kier molecular flexibility index (Phi) is 5.02. The van der Waals surface area contributed by atoms with Crippen LogP contribution in [0.15, 0.2) is 24.3 Å². The van der Waals surface area contributed by atoms with Crippen LogP contribution in [-0.4, -0.2) is 35.0 Å². The van der Waals surface area contributed by atoms with Crippen molar-refractivity contribution < 1.29 is 9.90 Å². The molecule has 1 saturated heterocycles. The summed E-state index contributed by atoms with van der Waals surface area (Å²) in [5, 5.41) is 11.1. The average Bonchev–Trinajstić information content (AvgIpc) is 2.46. The molecule has 0 radical (unpaired) electrons. The minimum absolute atomic E-state index is 0.00978. The zero-order chi connectivity index (χ0) is 14.7. The van der Waals surface area contributed by atoms with E-state index in [1.165, 1.54) is 0 Å². The van der Waals surface area contributed by atoms with E-state index in [2.05, 4.69) is 0 Å². The highest BCUT2D eigenvalue weighted by Crippen LogP contribution is 2.31. The van der Waals surface area contributed by atoms with Crippen LogP contribution in [0.4, 0.5) is 0 Å². The molecule has 1 fully saturated rings. The molecule has 0 unspecified atom stereocenters. The summed E-state index contributed by atoms with van der Waals surface area (Å²) in [6.45, 7) is 3.03. The quantitative estimate of drug-likeness (QED) is 0.896. The number of benzene rings is 1. The van der Waals surface area contributed by atoms with Crippen molar-refractivity contribution in [3.05, 3.63) is 34.9 Å². The zero-order valence-corrected chi connectivity index (χ0v) is 12.4. The van der Waals surface area contributed by atoms with Gasteiger partial charge in [-0.05, 0) is 43.4 Å². The Morgan fingerprint density at radius 3 is 2.40 bits per heavy atom. The summed E-state index contributed by atoms with van der Waals surface area (Å²) < 4.78 is 0. The van der Waals surface area contributed by atoms with E-state index < -0.39 is 12.1 Å². The van der Waals surface area contributed by atoms with Gasteiger partial charge < -0.3 is 15.7 Å². The third kappa shape index (κ3) is 3.51. The van der Waals surface area contributed by atoms with Crippen LogP contribution >= 0.6 is 11.6 Å². The van der Waals surface area contributed by atoms with E-state index in [1.807, 2.05) is 12.1 Å². The minimum Gasteiger partial charge on any atom is -0.388 e. The molecule has 4 nitrogen and oxygen atoms in total. The van der Waals surface area contributed by atoms with Gasteiger partial charge in [0.15, 0.2) is 0 Å². The summed E-state index contributed by atoms with van der Waals surface area (Å²) >= 11 is 5.85. The topological polar surface area (TPSA) is 66.6 Å². The Balaban J connectivity index is 1.93.